The summed E-state index contributed by atoms with van der Waals surface area (Å²) < 4.78 is 0. The zero-order valence-electron chi connectivity index (χ0n) is 6.45. The highest BCUT2D eigenvalue weighted by Crippen LogP contribution is 2.03. The standard InChI is InChI=1S/C10H10O/c1-2-3-9-4-6-10(8-11)7-5-9/h2-8H,1H3/b3-2-. The van der Waals surface area contributed by atoms with E-state index in [9.17, 15) is 4.79 Å². The molecule has 0 N–H and O–H groups in total. The van der Waals surface area contributed by atoms with Gasteiger partial charge in [-0.05, 0) is 12.5 Å². The number of benzene rings is 1. The molecule has 0 aliphatic heterocycles. The van der Waals surface area contributed by atoms with Crippen molar-refractivity contribution >= 4 is 12.4 Å². The van der Waals surface area contributed by atoms with Crippen LogP contribution in [0.25, 0.3) is 6.08 Å². The molecule has 0 amide bonds. The molecule has 1 aromatic carbocycles. The van der Waals surface area contributed by atoms with Crippen molar-refractivity contribution in [2.24, 2.45) is 0 Å². The van der Waals surface area contributed by atoms with Crippen LogP contribution < -0.4 is 0 Å². The Morgan fingerprint density at radius 2 is 1.64 bits per heavy atom. The fourth-order valence-corrected chi connectivity index (χ4v) is 0.878. The number of allylic oxidation sites excluding steroid dienone is 1. The van der Waals surface area contributed by atoms with Crippen LogP contribution in [0.15, 0.2) is 30.3 Å². The highest BCUT2D eigenvalue weighted by atomic mass is 16.1. The van der Waals surface area contributed by atoms with E-state index in [2.05, 4.69) is 0 Å². The van der Waals surface area contributed by atoms with Gasteiger partial charge in [-0.3, -0.25) is 4.79 Å². The maximum absolute atomic E-state index is 10.3. The van der Waals surface area contributed by atoms with Gasteiger partial charge in [0.15, 0.2) is 0 Å². The van der Waals surface area contributed by atoms with Crippen LogP contribution >= 0.6 is 0 Å². The molecule has 0 saturated heterocycles. The minimum absolute atomic E-state index is 0.721. The van der Waals surface area contributed by atoms with Crippen molar-refractivity contribution in [3.63, 3.8) is 0 Å². The first-order valence-electron chi connectivity index (χ1n) is 3.55. The van der Waals surface area contributed by atoms with Crippen molar-refractivity contribution in [3.05, 3.63) is 41.5 Å². The Kier molecular flexibility index (Phi) is 2.61. The molecule has 0 fully saturated rings. The van der Waals surface area contributed by atoms with Crippen molar-refractivity contribution in [2.75, 3.05) is 0 Å². The van der Waals surface area contributed by atoms with E-state index in [1.165, 1.54) is 0 Å². The van der Waals surface area contributed by atoms with Crippen LogP contribution in [-0.4, -0.2) is 6.29 Å². The van der Waals surface area contributed by atoms with Gasteiger partial charge >= 0.3 is 0 Å². The Morgan fingerprint density at radius 1 is 1.09 bits per heavy atom. The van der Waals surface area contributed by atoms with E-state index in [4.69, 9.17) is 0 Å². The second-order valence-electron chi connectivity index (χ2n) is 2.28. The second kappa shape index (κ2) is 3.71. The number of aldehydes is 1. The minimum atomic E-state index is 0.721. The summed E-state index contributed by atoms with van der Waals surface area (Å²) in [6.07, 6.45) is 4.81. The lowest BCUT2D eigenvalue weighted by Crippen LogP contribution is -1.77. The van der Waals surface area contributed by atoms with Crippen molar-refractivity contribution in [1.29, 1.82) is 0 Å². The molecule has 0 radical (unpaired) electrons. The molecule has 0 bridgehead atoms. The molecule has 1 nitrogen and oxygen atoms in total. The third-order valence-electron chi connectivity index (χ3n) is 1.43. The Labute approximate surface area is 66.4 Å². The topological polar surface area (TPSA) is 17.1 Å². The zero-order chi connectivity index (χ0) is 8.10. The molecule has 0 aliphatic carbocycles. The summed E-state index contributed by atoms with van der Waals surface area (Å²) in [6.45, 7) is 1.97. The molecule has 1 rings (SSSR count). The number of hydrogen-bond donors (Lipinski definition) is 0. The molecule has 0 aromatic heterocycles. The van der Waals surface area contributed by atoms with E-state index in [-0.39, 0.29) is 0 Å². The molecule has 1 heteroatoms. The monoisotopic (exact) mass is 146 g/mol. The molecule has 0 atom stereocenters. The lowest BCUT2D eigenvalue weighted by atomic mass is 10.1. The summed E-state index contributed by atoms with van der Waals surface area (Å²) in [6, 6.07) is 7.46. The fourth-order valence-electron chi connectivity index (χ4n) is 0.878. The Bertz CT molecular complexity index is 257. The predicted molar refractivity (Wildman–Crippen MR) is 46.5 cm³/mol. The molecule has 11 heavy (non-hydrogen) atoms. The maximum atomic E-state index is 10.3. The predicted octanol–water partition coefficient (Wildman–Crippen LogP) is 2.53. The Balaban J connectivity index is 2.91. The third kappa shape index (κ3) is 2.04. The molecule has 0 heterocycles. The number of carbonyl (C=O) groups is 1. The summed E-state index contributed by atoms with van der Waals surface area (Å²) in [4.78, 5) is 10.3. The molecule has 0 saturated carbocycles. The molecule has 0 unspecified atom stereocenters. The van der Waals surface area contributed by atoms with E-state index in [1.807, 2.05) is 43.3 Å². The van der Waals surface area contributed by atoms with E-state index in [1.54, 1.807) is 0 Å². The van der Waals surface area contributed by atoms with Crippen molar-refractivity contribution in [3.8, 4) is 0 Å². The molecular weight excluding hydrogens is 136 g/mol. The van der Waals surface area contributed by atoms with E-state index in [0.717, 1.165) is 17.4 Å². The molecule has 1 aromatic rings. The van der Waals surface area contributed by atoms with Gasteiger partial charge in [0.25, 0.3) is 0 Å². The lowest BCUT2D eigenvalue weighted by molar-refractivity contribution is 0.112. The van der Waals surface area contributed by atoms with Gasteiger partial charge in [-0.15, -0.1) is 0 Å². The smallest absolute Gasteiger partial charge is 0.150 e. The minimum Gasteiger partial charge on any atom is -0.298 e. The van der Waals surface area contributed by atoms with Gasteiger partial charge in [0.2, 0.25) is 0 Å². The Hall–Kier alpha value is -1.37. The van der Waals surface area contributed by atoms with Crippen LogP contribution in [0, 0.1) is 0 Å². The zero-order valence-corrected chi connectivity index (χ0v) is 6.45. The molecular formula is C10H10O. The Morgan fingerprint density at radius 3 is 2.09 bits per heavy atom. The summed E-state index contributed by atoms with van der Waals surface area (Å²) in [5.74, 6) is 0. The normalized spacial score (nSPS) is 10.3. The molecule has 56 valence electrons. The van der Waals surface area contributed by atoms with Crippen molar-refractivity contribution < 1.29 is 4.79 Å². The first-order chi connectivity index (χ1) is 5.36. The van der Waals surface area contributed by atoms with Gasteiger partial charge in [0.05, 0.1) is 0 Å². The highest BCUT2D eigenvalue weighted by molar-refractivity contribution is 5.75. The van der Waals surface area contributed by atoms with Crippen molar-refractivity contribution in [1.82, 2.24) is 0 Å². The van der Waals surface area contributed by atoms with E-state index in [0.29, 0.717) is 0 Å². The number of hydrogen-bond acceptors (Lipinski definition) is 1. The quantitative estimate of drug-likeness (QED) is 0.586. The lowest BCUT2D eigenvalue weighted by Gasteiger charge is -1.91. The largest absolute Gasteiger partial charge is 0.298 e. The van der Waals surface area contributed by atoms with Crippen LogP contribution in [0.3, 0.4) is 0 Å². The van der Waals surface area contributed by atoms with Crippen LogP contribution in [-0.2, 0) is 0 Å². The first kappa shape index (κ1) is 7.73. The second-order valence-corrected chi connectivity index (χ2v) is 2.28. The van der Waals surface area contributed by atoms with Gasteiger partial charge in [-0.25, -0.2) is 0 Å². The fraction of sp³-hybridized carbons (Fsp3) is 0.100. The molecule has 0 spiro atoms. The maximum Gasteiger partial charge on any atom is 0.150 e. The highest BCUT2D eigenvalue weighted by Gasteiger charge is 1.87. The molecule has 0 aliphatic rings. The third-order valence-corrected chi connectivity index (χ3v) is 1.43. The van der Waals surface area contributed by atoms with Gasteiger partial charge in [0.1, 0.15) is 6.29 Å². The SMILES string of the molecule is C/C=C\c1ccc(C=O)cc1. The van der Waals surface area contributed by atoms with E-state index < -0.39 is 0 Å². The van der Waals surface area contributed by atoms with Gasteiger partial charge < -0.3 is 0 Å². The van der Waals surface area contributed by atoms with Crippen LogP contribution in [0.1, 0.15) is 22.8 Å². The summed E-state index contributed by atoms with van der Waals surface area (Å²) in [7, 11) is 0. The van der Waals surface area contributed by atoms with Crippen LogP contribution in [0.5, 0.6) is 0 Å². The van der Waals surface area contributed by atoms with Gasteiger partial charge in [0, 0.05) is 5.56 Å². The summed E-state index contributed by atoms with van der Waals surface area (Å²) in [5.41, 5.74) is 1.84. The number of rotatable bonds is 2. The summed E-state index contributed by atoms with van der Waals surface area (Å²) in [5, 5.41) is 0. The van der Waals surface area contributed by atoms with Crippen LogP contribution in [0.4, 0.5) is 0 Å². The van der Waals surface area contributed by atoms with Gasteiger partial charge in [-0.1, -0.05) is 36.4 Å². The summed E-state index contributed by atoms with van der Waals surface area (Å²) >= 11 is 0. The van der Waals surface area contributed by atoms with Crippen molar-refractivity contribution in [2.45, 2.75) is 6.92 Å². The number of carbonyl (C=O) groups excluding carboxylic acids is 1. The van der Waals surface area contributed by atoms with E-state index >= 15 is 0 Å². The van der Waals surface area contributed by atoms with Gasteiger partial charge in [-0.2, -0.15) is 0 Å². The van der Waals surface area contributed by atoms with Crippen LogP contribution in [0.2, 0.25) is 0 Å². The first-order valence-corrected chi connectivity index (χ1v) is 3.55. The average Bonchev–Trinajstić information content (AvgIpc) is 2.07. The average molecular weight is 146 g/mol.